The van der Waals surface area contributed by atoms with Gasteiger partial charge in [-0.15, -0.1) is 0 Å². The Labute approximate surface area is 355 Å². The third-order valence-electron chi connectivity index (χ3n) is 8.64. The second-order valence-corrected chi connectivity index (χ2v) is 16.1. The van der Waals surface area contributed by atoms with Crippen molar-refractivity contribution < 1.29 is 38.9 Å². The van der Waals surface area contributed by atoms with E-state index < -0.39 is 36.3 Å². The van der Waals surface area contributed by atoms with E-state index in [1.807, 2.05) is 62.4 Å². The van der Waals surface area contributed by atoms with Crippen molar-refractivity contribution in [3.05, 3.63) is 149 Å². The van der Waals surface area contributed by atoms with Gasteiger partial charge >= 0.3 is 59.1 Å². The van der Waals surface area contributed by atoms with Gasteiger partial charge in [0, 0.05) is 43.5 Å². The monoisotopic (exact) mass is 798 g/mol. The SMILES string of the molecule is CCN(Cc1ccc(S(=O)(=O)O)cc1)c1ccc(C(c2ccc(N(CC)Cc3ccc(S(=O)(=O)O)cc3)cc2)c2ccccc2S(=O)(=O)O)cc1.[NaH].[NaH]. The molecule has 272 valence electrons. The zero-order valence-electron chi connectivity index (χ0n) is 27.9. The molecule has 5 rings (SSSR count). The third-order valence-corrected chi connectivity index (χ3v) is 11.3. The van der Waals surface area contributed by atoms with Crippen LogP contribution in [0.1, 0.15) is 47.6 Å². The van der Waals surface area contributed by atoms with Crippen molar-refractivity contribution in [2.24, 2.45) is 0 Å². The summed E-state index contributed by atoms with van der Waals surface area (Å²) in [6, 6.07) is 33.7. The predicted molar refractivity (Wildman–Crippen MR) is 210 cm³/mol. The Morgan fingerprint density at radius 3 is 1.17 bits per heavy atom. The van der Waals surface area contributed by atoms with E-state index in [0.29, 0.717) is 31.7 Å². The zero-order valence-corrected chi connectivity index (χ0v) is 30.3. The molecule has 0 aromatic heterocycles. The fourth-order valence-corrected chi connectivity index (χ4v) is 7.70. The Bertz CT molecular complexity index is 2180. The van der Waals surface area contributed by atoms with Crippen LogP contribution in [0.5, 0.6) is 0 Å². The van der Waals surface area contributed by atoms with E-state index in [4.69, 9.17) is 0 Å². The Morgan fingerprint density at radius 1 is 0.491 bits per heavy atom. The molecule has 0 aliphatic heterocycles. The summed E-state index contributed by atoms with van der Waals surface area (Å²) in [6.45, 7) is 6.18. The van der Waals surface area contributed by atoms with Crippen molar-refractivity contribution in [3.8, 4) is 0 Å². The summed E-state index contributed by atoms with van der Waals surface area (Å²) in [7, 11) is -13.2. The standard InChI is InChI=1S/C37H38N2O9S3.2Na.2H/c1-3-38(25-27-9-21-33(22-10-27)49(40,41)42)31-17-13-29(14-18-31)37(35-7-5-6-8-36(35)51(46,47)48)30-15-19-32(20-16-30)39(4-2)26-28-11-23-34(24-12-28)50(43,44)45;;;;/h5-24,37H,3-4,25-26H2,1-2H3,(H,40,41,42)(H,43,44,45)(H,46,47,48);;;;. The van der Waals surface area contributed by atoms with Crippen molar-refractivity contribution in [2.75, 3.05) is 22.9 Å². The van der Waals surface area contributed by atoms with Crippen molar-refractivity contribution in [2.45, 2.75) is 47.5 Å². The minimum absolute atomic E-state index is 0. The van der Waals surface area contributed by atoms with Gasteiger partial charge in [-0.2, -0.15) is 25.3 Å². The average Bonchev–Trinajstić information content (AvgIpc) is 3.10. The van der Waals surface area contributed by atoms with E-state index in [-0.39, 0.29) is 73.8 Å². The molecule has 5 aromatic rings. The van der Waals surface area contributed by atoms with Crippen LogP contribution >= 0.6 is 0 Å². The van der Waals surface area contributed by atoms with Gasteiger partial charge in [-0.3, -0.25) is 13.7 Å². The summed E-state index contributed by atoms with van der Waals surface area (Å²) in [5.41, 5.74) is 5.39. The summed E-state index contributed by atoms with van der Waals surface area (Å²) in [5, 5.41) is 0. The number of benzene rings is 5. The van der Waals surface area contributed by atoms with Crippen molar-refractivity contribution >= 4 is 101 Å². The molecular weight excluding hydrogens is 759 g/mol. The number of hydrogen-bond donors (Lipinski definition) is 3. The fourth-order valence-electron chi connectivity index (χ4n) is 6.01. The van der Waals surface area contributed by atoms with E-state index >= 15 is 0 Å². The molecule has 53 heavy (non-hydrogen) atoms. The van der Waals surface area contributed by atoms with Gasteiger partial charge in [-0.25, -0.2) is 0 Å². The Kier molecular flexibility index (Phi) is 15.9. The first-order valence-corrected chi connectivity index (χ1v) is 20.3. The Hall–Kier alpha value is -2.57. The van der Waals surface area contributed by atoms with E-state index in [0.717, 1.165) is 33.6 Å². The molecule has 0 atom stereocenters. The zero-order chi connectivity index (χ0) is 37.0. The van der Waals surface area contributed by atoms with Crippen LogP contribution in [0.4, 0.5) is 11.4 Å². The number of hydrogen-bond acceptors (Lipinski definition) is 8. The maximum absolute atomic E-state index is 12.5. The molecule has 0 amide bonds. The quantitative estimate of drug-likeness (QED) is 0.0751. The van der Waals surface area contributed by atoms with E-state index in [9.17, 15) is 38.9 Å². The molecule has 0 aliphatic rings. The van der Waals surface area contributed by atoms with Gasteiger partial charge in [0.25, 0.3) is 30.4 Å². The molecule has 0 saturated carbocycles. The number of nitrogens with zero attached hydrogens (tertiary/aromatic N) is 2. The second-order valence-electron chi connectivity index (χ2n) is 11.9. The summed E-state index contributed by atoms with van der Waals surface area (Å²) in [6.07, 6.45) is 0. The van der Waals surface area contributed by atoms with Gasteiger partial charge in [-0.05, 0) is 96.3 Å². The van der Waals surface area contributed by atoms with Gasteiger partial charge in [-0.1, -0.05) is 66.7 Å². The molecule has 0 fully saturated rings. The third kappa shape index (κ3) is 11.5. The summed E-state index contributed by atoms with van der Waals surface area (Å²) < 4.78 is 99.6. The van der Waals surface area contributed by atoms with Gasteiger partial charge < -0.3 is 9.80 Å². The van der Waals surface area contributed by atoms with Gasteiger partial charge in [0.2, 0.25) is 0 Å². The van der Waals surface area contributed by atoms with Crippen LogP contribution in [0.15, 0.2) is 136 Å². The first-order valence-electron chi connectivity index (χ1n) is 16.0. The van der Waals surface area contributed by atoms with Crippen LogP contribution in [-0.4, -0.2) is 111 Å². The summed E-state index contributed by atoms with van der Waals surface area (Å²) in [4.78, 5) is 3.60. The molecule has 0 spiro atoms. The Balaban J connectivity index is 0.00000378. The molecule has 0 saturated heterocycles. The van der Waals surface area contributed by atoms with Crippen LogP contribution < -0.4 is 9.80 Å². The Morgan fingerprint density at radius 2 is 0.849 bits per heavy atom. The molecule has 0 heterocycles. The molecule has 0 bridgehead atoms. The number of rotatable bonds is 14. The summed E-state index contributed by atoms with van der Waals surface area (Å²) in [5.74, 6) is -0.572. The molecule has 11 nitrogen and oxygen atoms in total. The predicted octanol–water partition coefficient (Wildman–Crippen LogP) is 5.36. The minimum atomic E-state index is -4.56. The second kappa shape index (κ2) is 18.8. The number of anilines is 2. The van der Waals surface area contributed by atoms with E-state index in [1.54, 1.807) is 42.5 Å². The van der Waals surface area contributed by atoms with Gasteiger partial charge in [0.15, 0.2) is 0 Å². The molecule has 0 aliphatic carbocycles. The van der Waals surface area contributed by atoms with Crippen molar-refractivity contribution in [1.29, 1.82) is 0 Å². The van der Waals surface area contributed by atoms with E-state index in [2.05, 4.69) is 9.80 Å². The maximum atomic E-state index is 12.5. The fraction of sp³-hybridized carbons (Fsp3) is 0.189. The molecular formula is C37H40N2Na2O9S3. The molecule has 0 radical (unpaired) electrons. The normalized spacial score (nSPS) is 11.7. The molecule has 5 aromatic carbocycles. The first-order chi connectivity index (χ1) is 24.1. The van der Waals surface area contributed by atoms with Crippen molar-refractivity contribution in [3.63, 3.8) is 0 Å². The van der Waals surface area contributed by atoms with Crippen LogP contribution in [0.25, 0.3) is 0 Å². The molecule has 0 unspecified atom stereocenters. The molecule has 16 heteroatoms. The topological polar surface area (TPSA) is 170 Å². The van der Waals surface area contributed by atoms with Crippen LogP contribution in [0.2, 0.25) is 0 Å². The summed E-state index contributed by atoms with van der Waals surface area (Å²) >= 11 is 0. The van der Waals surface area contributed by atoms with Crippen LogP contribution in [0.3, 0.4) is 0 Å². The van der Waals surface area contributed by atoms with E-state index in [1.165, 1.54) is 30.3 Å². The first kappa shape index (κ1) is 44.8. The van der Waals surface area contributed by atoms with Crippen LogP contribution in [-0.2, 0) is 43.4 Å². The van der Waals surface area contributed by atoms with Crippen LogP contribution in [0, 0.1) is 0 Å². The van der Waals surface area contributed by atoms with Crippen molar-refractivity contribution in [1.82, 2.24) is 0 Å². The average molecular weight is 799 g/mol. The molecule has 3 N–H and O–H groups in total. The van der Waals surface area contributed by atoms with Gasteiger partial charge in [0.1, 0.15) is 0 Å². The van der Waals surface area contributed by atoms with Gasteiger partial charge in [0.05, 0.1) is 14.7 Å².